The van der Waals surface area contributed by atoms with Crippen molar-refractivity contribution in [1.82, 2.24) is 10.3 Å². The molecule has 0 aliphatic carbocycles. The molecule has 0 aliphatic rings. The van der Waals surface area contributed by atoms with Crippen LogP contribution in [0.5, 0.6) is 5.75 Å². The third-order valence-electron chi connectivity index (χ3n) is 3.14. The highest BCUT2D eigenvalue weighted by molar-refractivity contribution is 6.39. The molecule has 2 amide bonds. The van der Waals surface area contributed by atoms with Crippen molar-refractivity contribution in [2.24, 2.45) is 0 Å². The maximum absolute atomic E-state index is 11.8. The van der Waals surface area contributed by atoms with Crippen LogP contribution in [0, 0.1) is 0 Å². The van der Waals surface area contributed by atoms with Crippen LogP contribution in [0.1, 0.15) is 0 Å². The Bertz CT molecular complexity index is 697. The topological polar surface area (TPSA) is 134 Å². The molecule has 0 spiro atoms. The summed E-state index contributed by atoms with van der Waals surface area (Å²) in [5.41, 5.74) is 0.970. The molecule has 0 radical (unpaired) electrons. The van der Waals surface area contributed by atoms with Crippen molar-refractivity contribution in [3.63, 3.8) is 0 Å². The first-order valence-corrected chi connectivity index (χ1v) is 6.99. The molecule has 128 valence electrons. The SMILES string of the molecule is COc1cc(NC(=O)C(=O)NC(CO)CO)ccc1-c1cnco1. The Hall–Kier alpha value is -2.91. The number of carbonyl (C=O) groups is 2. The lowest BCUT2D eigenvalue weighted by molar-refractivity contribution is -0.137. The van der Waals surface area contributed by atoms with Crippen LogP contribution in [0.2, 0.25) is 0 Å². The molecule has 1 aromatic heterocycles. The highest BCUT2D eigenvalue weighted by Crippen LogP contribution is 2.32. The van der Waals surface area contributed by atoms with Crippen molar-refractivity contribution < 1.29 is 29.0 Å². The maximum atomic E-state index is 11.8. The minimum atomic E-state index is -0.971. The Morgan fingerprint density at radius 2 is 2.04 bits per heavy atom. The molecule has 2 rings (SSSR count). The summed E-state index contributed by atoms with van der Waals surface area (Å²) in [6.45, 7) is -0.954. The predicted octanol–water partition coefficient (Wildman–Crippen LogP) is -0.242. The zero-order valence-corrected chi connectivity index (χ0v) is 12.9. The summed E-state index contributed by atoms with van der Waals surface area (Å²) < 4.78 is 10.4. The molecular formula is C15H17N3O6. The van der Waals surface area contributed by atoms with Crippen LogP contribution in [0.25, 0.3) is 11.3 Å². The number of hydrogen-bond acceptors (Lipinski definition) is 7. The number of aromatic nitrogens is 1. The molecule has 0 fully saturated rings. The molecule has 0 bridgehead atoms. The summed E-state index contributed by atoms with van der Waals surface area (Å²) in [7, 11) is 1.46. The van der Waals surface area contributed by atoms with Crippen molar-refractivity contribution in [2.45, 2.75) is 6.04 Å². The summed E-state index contributed by atoms with van der Waals surface area (Å²) >= 11 is 0. The summed E-state index contributed by atoms with van der Waals surface area (Å²) in [6.07, 6.45) is 2.81. The van der Waals surface area contributed by atoms with Crippen LogP contribution in [0.3, 0.4) is 0 Å². The largest absolute Gasteiger partial charge is 0.496 e. The molecule has 24 heavy (non-hydrogen) atoms. The van der Waals surface area contributed by atoms with Crippen molar-refractivity contribution >= 4 is 17.5 Å². The normalized spacial score (nSPS) is 10.5. The van der Waals surface area contributed by atoms with E-state index in [9.17, 15) is 9.59 Å². The van der Waals surface area contributed by atoms with E-state index in [1.807, 2.05) is 0 Å². The lowest BCUT2D eigenvalue weighted by Crippen LogP contribution is -2.45. The minimum absolute atomic E-state index is 0.333. The number of rotatable bonds is 6. The van der Waals surface area contributed by atoms with Crippen LogP contribution in [0.15, 0.2) is 35.2 Å². The van der Waals surface area contributed by atoms with Crippen molar-refractivity contribution in [3.8, 4) is 17.1 Å². The smallest absolute Gasteiger partial charge is 0.313 e. The van der Waals surface area contributed by atoms with E-state index in [4.69, 9.17) is 19.4 Å². The fraction of sp³-hybridized carbons (Fsp3) is 0.267. The number of methoxy groups -OCH3 is 1. The minimum Gasteiger partial charge on any atom is -0.496 e. The number of anilines is 1. The Balaban J connectivity index is 2.10. The average Bonchev–Trinajstić information content (AvgIpc) is 3.13. The number of nitrogens with one attached hydrogen (secondary N) is 2. The Kier molecular flexibility index (Phi) is 5.88. The number of aliphatic hydroxyl groups excluding tert-OH is 2. The van der Waals surface area contributed by atoms with Gasteiger partial charge in [0.15, 0.2) is 12.2 Å². The fourth-order valence-electron chi connectivity index (χ4n) is 1.91. The Morgan fingerprint density at radius 1 is 1.29 bits per heavy atom. The predicted molar refractivity (Wildman–Crippen MR) is 83.2 cm³/mol. The molecule has 0 unspecified atom stereocenters. The molecule has 0 aliphatic heterocycles. The second-order valence-corrected chi connectivity index (χ2v) is 4.77. The van der Waals surface area contributed by atoms with Gasteiger partial charge in [0.2, 0.25) is 0 Å². The molecule has 0 atom stereocenters. The van der Waals surface area contributed by atoms with Gasteiger partial charge >= 0.3 is 11.8 Å². The lowest BCUT2D eigenvalue weighted by Gasteiger charge is -2.13. The van der Waals surface area contributed by atoms with E-state index in [2.05, 4.69) is 15.6 Å². The summed E-state index contributed by atoms with van der Waals surface area (Å²) in [5.74, 6) is -0.984. The van der Waals surface area contributed by atoms with Crippen molar-refractivity contribution in [2.75, 3.05) is 25.6 Å². The Labute approximate surface area is 137 Å². The van der Waals surface area contributed by atoms with Crippen LogP contribution in [-0.2, 0) is 9.59 Å². The second kappa shape index (κ2) is 8.09. The third-order valence-corrected chi connectivity index (χ3v) is 3.14. The number of hydrogen-bond donors (Lipinski definition) is 4. The number of ether oxygens (including phenoxy) is 1. The van der Waals surface area contributed by atoms with Gasteiger partial charge in [-0.2, -0.15) is 0 Å². The van der Waals surface area contributed by atoms with Crippen molar-refractivity contribution in [3.05, 3.63) is 30.8 Å². The zero-order chi connectivity index (χ0) is 17.5. The van der Waals surface area contributed by atoms with Gasteiger partial charge in [-0.1, -0.05) is 0 Å². The molecule has 9 nitrogen and oxygen atoms in total. The highest BCUT2D eigenvalue weighted by Gasteiger charge is 2.18. The monoisotopic (exact) mass is 335 g/mol. The molecule has 2 aromatic rings. The number of aliphatic hydroxyl groups is 2. The van der Waals surface area contributed by atoms with E-state index in [-0.39, 0.29) is 0 Å². The van der Waals surface area contributed by atoms with Gasteiger partial charge < -0.3 is 30.0 Å². The maximum Gasteiger partial charge on any atom is 0.313 e. The number of nitrogens with zero attached hydrogens (tertiary/aromatic N) is 1. The molecular weight excluding hydrogens is 318 g/mol. The van der Waals surface area contributed by atoms with Gasteiger partial charge in [0.05, 0.1) is 38.1 Å². The van der Waals surface area contributed by atoms with Gasteiger partial charge in [0, 0.05) is 11.8 Å². The quantitative estimate of drug-likeness (QED) is 0.535. The number of carbonyl (C=O) groups excluding carboxylic acids is 2. The van der Waals surface area contributed by atoms with Crippen LogP contribution < -0.4 is 15.4 Å². The van der Waals surface area contributed by atoms with Gasteiger partial charge in [0.25, 0.3) is 0 Å². The molecule has 9 heteroatoms. The van der Waals surface area contributed by atoms with Gasteiger partial charge in [-0.25, -0.2) is 4.98 Å². The van der Waals surface area contributed by atoms with E-state index in [0.717, 1.165) is 0 Å². The van der Waals surface area contributed by atoms with E-state index >= 15 is 0 Å². The zero-order valence-electron chi connectivity index (χ0n) is 12.9. The van der Waals surface area contributed by atoms with Gasteiger partial charge in [-0.05, 0) is 12.1 Å². The molecule has 4 N–H and O–H groups in total. The van der Waals surface area contributed by atoms with Crippen LogP contribution in [0.4, 0.5) is 5.69 Å². The highest BCUT2D eigenvalue weighted by atomic mass is 16.5. The third kappa shape index (κ3) is 4.09. The summed E-state index contributed by atoms with van der Waals surface area (Å²) in [4.78, 5) is 27.3. The van der Waals surface area contributed by atoms with Gasteiger partial charge in [-0.15, -0.1) is 0 Å². The van der Waals surface area contributed by atoms with E-state index in [1.54, 1.807) is 12.1 Å². The van der Waals surface area contributed by atoms with Crippen LogP contribution >= 0.6 is 0 Å². The van der Waals surface area contributed by atoms with E-state index in [0.29, 0.717) is 22.8 Å². The fourth-order valence-corrected chi connectivity index (χ4v) is 1.91. The summed E-state index contributed by atoms with van der Waals surface area (Å²) in [5, 5.41) is 22.4. The lowest BCUT2D eigenvalue weighted by atomic mass is 10.1. The van der Waals surface area contributed by atoms with E-state index < -0.39 is 31.1 Å². The molecule has 0 saturated carbocycles. The standard InChI is InChI=1S/C15H17N3O6/c1-23-12-4-9(2-3-11(12)13-5-16-8-24-13)17-14(21)15(22)18-10(6-19)7-20/h2-5,8,10,19-20H,6-7H2,1H3,(H,17,21)(H,18,22). The van der Waals surface area contributed by atoms with Gasteiger partial charge in [-0.3, -0.25) is 9.59 Å². The summed E-state index contributed by atoms with van der Waals surface area (Å²) in [6, 6.07) is 3.85. The molecule has 1 aromatic carbocycles. The molecule has 0 saturated heterocycles. The number of benzene rings is 1. The van der Waals surface area contributed by atoms with E-state index in [1.165, 1.54) is 25.8 Å². The average molecular weight is 335 g/mol. The molecule has 1 heterocycles. The van der Waals surface area contributed by atoms with Gasteiger partial charge in [0.1, 0.15) is 5.75 Å². The first-order valence-electron chi connectivity index (χ1n) is 6.99. The first kappa shape index (κ1) is 17.4. The second-order valence-electron chi connectivity index (χ2n) is 4.77. The van der Waals surface area contributed by atoms with Crippen LogP contribution in [-0.4, -0.2) is 53.4 Å². The van der Waals surface area contributed by atoms with Crippen molar-refractivity contribution in [1.29, 1.82) is 0 Å². The first-order chi connectivity index (χ1) is 11.6. The Morgan fingerprint density at radius 3 is 2.62 bits per heavy atom. The number of oxazole rings is 1. The number of amides is 2.